The molecular formula is C31H32N2O4. The molecule has 6 nitrogen and oxygen atoms in total. The van der Waals surface area contributed by atoms with Gasteiger partial charge in [0.15, 0.2) is 0 Å². The summed E-state index contributed by atoms with van der Waals surface area (Å²) in [4.78, 5) is 33.4. The van der Waals surface area contributed by atoms with Gasteiger partial charge in [0, 0.05) is 22.8 Å². The molecule has 0 amide bonds. The number of carbonyl (C=O) groups is 2. The van der Waals surface area contributed by atoms with Gasteiger partial charge < -0.3 is 9.47 Å². The van der Waals surface area contributed by atoms with E-state index in [0.29, 0.717) is 28.8 Å². The summed E-state index contributed by atoms with van der Waals surface area (Å²) in [5, 5.41) is 0.710. The Morgan fingerprint density at radius 3 is 2.14 bits per heavy atom. The summed E-state index contributed by atoms with van der Waals surface area (Å²) < 4.78 is 10.4. The number of fused-ring (bicyclic) bond motifs is 1. The van der Waals surface area contributed by atoms with Crippen molar-refractivity contribution in [1.82, 2.24) is 9.97 Å². The van der Waals surface area contributed by atoms with E-state index in [0.717, 1.165) is 35.2 Å². The van der Waals surface area contributed by atoms with E-state index in [9.17, 15) is 9.59 Å². The number of aryl methyl sites for hydroxylation is 2. The van der Waals surface area contributed by atoms with Gasteiger partial charge in [-0.1, -0.05) is 48.5 Å². The molecule has 4 aromatic rings. The summed E-state index contributed by atoms with van der Waals surface area (Å²) in [5.41, 5.74) is 6.44. The molecule has 37 heavy (non-hydrogen) atoms. The minimum Gasteiger partial charge on any atom is -0.465 e. The zero-order valence-corrected chi connectivity index (χ0v) is 22.0. The highest BCUT2D eigenvalue weighted by atomic mass is 16.5. The van der Waals surface area contributed by atoms with Crippen molar-refractivity contribution in [3.8, 4) is 22.4 Å². The Labute approximate surface area is 217 Å². The van der Waals surface area contributed by atoms with E-state index < -0.39 is 11.4 Å². The number of nitrogens with zero attached hydrogens (tertiary/aromatic N) is 2. The van der Waals surface area contributed by atoms with Crippen LogP contribution in [0.4, 0.5) is 0 Å². The molecule has 4 rings (SSSR count). The van der Waals surface area contributed by atoms with Crippen molar-refractivity contribution in [3.05, 3.63) is 83.7 Å². The number of pyridine rings is 2. The maximum atomic E-state index is 12.5. The van der Waals surface area contributed by atoms with Crippen molar-refractivity contribution in [3.63, 3.8) is 0 Å². The fraction of sp³-hybridized carbons (Fsp3) is 0.290. The first-order valence-electron chi connectivity index (χ1n) is 12.4. The van der Waals surface area contributed by atoms with Crippen LogP contribution < -0.4 is 0 Å². The lowest BCUT2D eigenvalue weighted by Gasteiger charge is -2.16. The lowest BCUT2D eigenvalue weighted by atomic mass is 9.97. The van der Waals surface area contributed by atoms with Crippen LogP contribution in [0, 0.1) is 12.3 Å². The first kappa shape index (κ1) is 26.0. The average Bonchev–Trinajstić information content (AvgIpc) is 2.90. The van der Waals surface area contributed by atoms with Gasteiger partial charge in [-0.2, -0.15) is 0 Å². The molecule has 0 saturated heterocycles. The van der Waals surface area contributed by atoms with Gasteiger partial charge in [0.05, 0.1) is 35.9 Å². The first-order valence-corrected chi connectivity index (χ1v) is 12.4. The summed E-state index contributed by atoms with van der Waals surface area (Å²) >= 11 is 0. The molecule has 6 heteroatoms. The van der Waals surface area contributed by atoms with E-state index in [4.69, 9.17) is 14.5 Å². The molecule has 0 spiro atoms. The minimum atomic E-state index is -0.471. The van der Waals surface area contributed by atoms with Gasteiger partial charge in [0.1, 0.15) is 0 Å². The van der Waals surface area contributed by atoms with Crippen LogP contribution in [-0.2, 0) is 20.7 Å². The molecule has 0 aliphatic heterocycles. The topological polar surface area (TPSA) is 78.4 Å². The van der Waals surface area contributed by atoms with E-state index >= 15 is 0 Å². The Hall–Kier alpha value is -4.06. The van der Waals surface area contributed by atoms with Crippen LogP contribution in [0.25, 0.3) is 33.3 Å². The Morgan fingerprint density at radius 2 is 1.51 bits per heavy atom. The number of hydrogen-bond acceptors (Lipinski definition) is 6. The molecule has 2 aromatic carbocycles. The van der Waals surface area contributed by atoms with Crippen molar-refractivity contribution in [2.45, 2.75) is 40.5 Å². The van der Waals surface area contributed by atoms with E-state index in [1.807, 2.05) is 45.9 Å². The van der Waals surface area contributed by atoms with Gasteiger partial charge in [-0.25, -0.2) is 9.78 Å². The summed E-state index contributed by atoms with van der Waals surface area (Å²) in [7, 11) is 1.38. The number of ether oxygens (including phenoxy) is 2. The zero-order chi connectivity index (χ0) is 26.6. The molecule has 0 saturated carbocycles. The highest BCUT2D eigenvalue weighted by Gasteiger charge is 2.22. The van der Waals surface area contributed by atoms with Gasteiger partial charge in [0.25, 0.3) is 0 Å². The third kappa shape index (κ3) is 6.02. The first-order chi connectivity index (χ1) is 17.7. The van der Waals surface area contributed by atoms with Crippen LogP contribution in [0.5, 0.6) is 0 Å². The predicted octanol–water partition coefficient (Wildman–Crippen LogP) is 6.58. The van der Waals surface area contributed by atoms with Crippen molar-refractivity contribution < 1.29 is 19.1 Å². The second-order valence-electron chi connectivity index (χ2n) is 10.1. The molecule has 0 N–H and O–H groups in total. The summed E-state index contributed by atoms with van der Waals surface area (Å²) in [5.74, 6) is -0.576. The van der Waals surface area contributed by atoms with Gasteiger partial charge in [-0.15, -0.1) is 0 Å². The number of aromatic nitrogens is 2. The van der Waals surface area contributed by atoms with Crippen molar-refractivity contribution in [2.24, 2.45) is 5.41 Å². The molecule has 2 heterocycles. The zero-order valence-electron chi connectivity index (χ0n) is 22.0. The largest absolute Gasteiger partial charge is 0.465 e. The van der Waals surface area contributed by atoms with Crippen LogP contribution in [0.15, 0.2) is 66.9 Å². The standard InChI is InChI=1S/C31H32N2O4/c1-20-28-25(29(34)36-5)19-27(33-26(28)16-17-32-20)24-14-12-23(13-15-24)22-10-8-21(9-11-22)7-6-18-37-30(35)31(2,3)4/h8-17,19H,6-7,18H2,1-5H3. The molecule has 2 aromatic heterocycles. The van der Waals surface area contributed by atoms with Crippen LogP contribution >= 0.6 is 0 Å². The maximum Gasteiger partial charge on any atom is 0.338 e. The minimum absolute atomic E-state index is 0.168. The molecule has 0 radical (unpaired) electrons. The molecule has 0 aliphatic carbocycles. The fourth-order valence-electron chi connectivity index (χ4n) is 4.12. The quantitative estimate of drug-likeness (QED) is 0.212. The molecule has 190 valence electrons. The summed E-state index contributed by atoms with van der Waals surface area (Å²) in [6.07, 6.45) is 3.33. The van der Waals surface area contributed by atoms with Gasteiger partial charge in [0.2, 0.25) is 0 Å². The van der Waals surface area contributed by atoms with Crippen molar-refractivity contribution in [1.29, 1.82) is 0 Å². The number of carbonyl (C=O) groups excluding carboxylic acids is 2. The van der Waals surface area contributed by atoms with Crippen molar-refractivity contribution >= 4 is 22.8 Å². The van der Waals surface area contributed by atoms with E-state index in [1.165, 1.54) is 12.7 Å². The molecule has 0 atom stereocenters. The molecule has 0 aliphatic rings. The van der Waals surface area contributed by atoms with E-state index in [-0.39, 0.29) is 5.97 Å². The highest BCUT2D eigenvalue weighted by Crippen LogP contribution is 2.29. The number of rotatable bonds is 7. The number of esters is 2. The van der Waals surface area contributed by atoms with E-state index in [2.05, 4.69) is 41.4 Å². The van der Waals surface area contributed by atoms with Crippen LogP contribution in [0.1, 0.15) is 48.8 Å². The Balaban J connectivity index is 1.47. The van der Waals surface area contributed by atoms with Gasteiger partial charge in [-0.3, -0.25) is 9.78 Å². The fourth-order valence-corrected chi connectivity index (χ4v) is 4.12. The average molecular weight is 497 g/mol. The third-order valence-electron chi connectivity index (χ3n) is 6.24. The Kier molecular flexibility index (Phi) is 7.67. The normalized spacial score (nSPS) is 11.4. The smallest absolute Gasteiger partial charge is 0.338 e. The number of methoxy groups -OCH3 is 1. The molecule has 0 unspecified atom stereocenters. The lowest BCUT2D eigenvalue weighted by molar-refractivity contribution is -0.153. The highest BCUT2D eigenvalue weighted by molar-refractivity contribution is 6.05. The summed E-state index contributed by atoms with van der Waals surface area (Å²) in [6.45, 7) is 7.86. The molecular weight excluding hydrogens is 464 g/mol. The Morgan fingerprint density at radius 1 is 0.892 bits per heavy atom. The van der Waals surface area contributed by atoms with Crippen molar-refractivity contribution in [2.75, 3.05) is 13.7 Å². The third-order valence-corrected chi connectivity index (χ3v) is 6.24. The maximum absolute atomic E-state index is 12.5. The lowest BCUT2D eigenvalue weighted by Crippen LogP contribution is -2.23. The van der Waals surface area contributed by atoms with Gasteiger partial charge >= 0.3 is 11.9 Å². The van der Waals surface area contributed by atoms with Crippen LogP contribution in [0.2, 0.25) is 0 Å². The van der Waals surface area contributed by atoms with Crippen LogP contribution in [0.3, 0.4) is 0 Å². The van der Waals surface area contributed by atoms with Gasteiger partial charge in [-0.05, 0) is 69.4 Å². The SMILES string of the molecule is COC(=O)c1cc(-c2ccc(-c3ccc(CCCOC(=O)C(C)(C)C)cc3)cc2)nc2ccnc(C)c12. The second kappa shape index (κ2) is 10.9. The predicted molar refractivity (Wildman–Crippen MR) is 145 cm³/mol. The van der Waals surface area contributed by atoms with E-state index in [1.54, 1.807) is 12.3 Å². The monoisotopic (exact) mass is 496 g/mol. The number of hydrogen-bond donors (Lipinski definition) is 0. The number of benzene rings is 2. The Bertz CT molecular complexity index is 1420. The molecule has 0 bridgehead atoms. The summed E-state index contributed by atoms with van der Waals surface area (Å²) in [6, 6.07) is 20.1. The van der Waals surface area contributed by atoms with Crippen LogP contribution in [-0.4, -0.2) is 35.6 Å². The molecule has 0 fully saturated rings. The second-order valence-corrected chi connectivity index (χ2v) is 10.1.